The molecule has 1 unspecified atom stereocenters. The highest BCUT2D eigenvalue weighted by Crippen LogP contribution is 2.42. The summed E-state index contributed by atoms with van der Waals surface area (Å²) in [6, 6.07) is 0. The summed E-state index contributed by atoms with van der Waals surface area (Å²) in [5, 5.41) is 11.2. The monoisotopic (exact) mass is 447 g/mol. The number of rotatable bonds is 8. The lowest BCUT2D eigenvalue weighted by Gasteiger charge is -2.20. The largest absolute Gasteiger partial charge is 0.496 e. The number of cyclic esters (lactones) is 1. The van der Waals surface area contributed by atoms with E-state index in [4.69, 9.17) is 37.8 Å². The molecule has 0 aromatic heterocycles. The first-order chi connectivity index (χ1) is 13.5. The quantitative estimate of drug-likeness (QED) is 0.355. The average molecular weight is 448 g/mol. The second-order valence-corrected chi connectivity index (χ2v) is 7.78. The molecule has 158 valence electrons. The van der Waals surface area contributed by atoms with Gasteiger partial charge in [0.1, 0.15) is 12.4 Å². The molecule has 2 N–H and O–H groups in total. The van der Waals surface area contributed by atoms with Crippen molar-refractivity contribution in [2.75, 3.05) is 12.4 Å². The molecule has 0 saturated carbocycles. The number of carboxylic acids is 1. The Balaban J connectivity index is 2.52. The van der Waals surface area contributed by atoms with Crippen molar-refractivity contribution in [1.29, 1.82) is 0 Å². The molecule has 0 saturated heterocycles. The third kappa shape index (κ3) is 5.00. The third-order valence-corrected chi connectivity index (χ3v) is 4.92. The van der Waals surface area contributed by atoms with Crippen LogP contribution in [0.5, 0.6) is 5.75 Å². The van der Waals surface area contributed by atoms with Crippen LogP contribution >= 0.6 is 23.2 Å². The van der Waals surface area contributed by atoms with Crippen molar-refractivity contribution in [3.8, 4) is 5.75 Å². The van der Waals surface area contributed by atoms with Gasteiger partial charge in [0.15, 0.2) is 0 Å². The summed E-state index contributed by atoms with van der Waals surface area (Å²) < 4.78 is 21.0. The van der Waals surface area contributed by atoms with Gasteiger partial charge in [-0.25, -0.2) is 4.79 Å². The molecule has 0 spiro atoms. The van der Waals surface area contributed by atoms with Crippen molar-refractivity contribution in [2.24, 2.45) is 5.92 Å². The Bertz CT molecular complexity index is 879. The molecule has 0 bridgehead atoms. The number of esters is 1. The second kappa shape index (κ2) is 9.00. The number of nitrogens with one attached hydrogen (secondary N) is 1. The van der Waals surface area contributed by atoms with Crippen LogP contribution in [-0.4, -0.2) is 34.6 Å². The van der Waals surface area contributed by atoms with E-state index in [1.165, 1.54) is 7.11 Å². The molecule has 1 atom stereocenters. The number of amides is 1. The van der Waals surface area contributed by atoms with Crippen LogP contribution in [-0.2, 0) is 27.4 Å². The maximum atomic E-state index is 13.7. The maximum Gasteiger partial charge on any atom is 0.341 e. The highest BCUT2D eigenvalue weighted by Gasteiger charge is 2.38. The fourth-order valence-corrected chi connectivity index (χ4v) is 3.07. The average Bonchev–Trinajstić information content (AvgIpc) is 3.02. The predicted octanol–water partition coefficient (Wildman–Crippen LogP) is 3.92. The number of carboxylic acid groups (broad SMARTS) is 1. The Morgan fingerprint density at radius 2 is 2.07 bits per heavy atom. The number of hydrogen-bond donors (Lipinski definition) is 2. The number of ether oxygens (including phenoxy) is 2. The number of hydrogen-bond acceptors (Lipinski definition) is 5. The summed E-state index contributed by atoms with van der Waals surface area (Å²) in [7, 11) is 1.42. The molecule has 7 nitrogen and oxygen atoms in total. The fraction of sp³-hybridized carbons (Fsp3) is 0.421. The molecule has 0 radical (unpaired) electrons. The standard InChI is InChI=1S/C19H20Cl2FNO6/c1-9(16(24)25)6-4-5-7-11-14(23-18(27)19(20,21)22)13-12(8-29-17(13)26)10(2)15(11)28-3/h4-5,9H,6-8H2,1-3H3,(H,23,27)(H,24,25). The van der Waals surface area contributed by atoms with E-state index in [0.717, 1.165) is 0 Å². The Morgan fingerprint density at radius 1 is 1.41 bits per heavy atom. The van der Waals surface area contributed by atoms with Crippen LogP contribution in [0.1, 0.15) is 40.4 Å². The predicted molar refractivity (Wildman–Crippen MR) is 105 cm³/mol. The van der Waals surface area contributed by atoms with E-state index < -0.39 is 28.4 Å². The zero-order valence-electron chi connectivity index (χ0n) is 16.0. The Kier molecular flexibility index (Phi) is 7.13. The van der Waals surface area contributed by atoms with Gasteiger partial charge in [-0.2, -0.15) is 4.39 Å². The number of alkyl halides is 3. The summed E-state index contributed by atoms with van der Waals surface area (Å²) >= 11 is 10.5. The van der Waals surface area contributed by atoms with Gasteiger partial charge < -0.3 is 19.9 Å². The first-order valence-electron chi connectivity index (χ1n) is 8.64. The number of aliphatic carboxylic acids is 1. The Labute approximate surface area is 176 Å². The van der Waals surface area contributed by atoms with Gasteiger partial charge in [0, 0.05) is 11.1 Å². The van der Waals surface area contributed by atoms with Gasteiger partial charge in [-0.3, -0.25) is 9.59 Å². The summed E-state index contributed by atoms with van der Waals surface area (Å²) in [6.07, 6.45) is 3.77. The van der Waals surface area contributed by atoms with Crippen molar-refractivity contribution in [1.82, 2.24) is 0 Å². The number of allylic oxidation sites excluding steroid dienone is 2. The zero-order valence-corrected chi connectivity index (χ0v) is 17.5. The van der Waals surface area contributed by atoms with Gasteiger partial charge in [0.25, 0.3) is 5.91 Å². The van der Waals surface area contributed by atoms with Gasteiger partial charge in [0.2, 0.25) is 0 Å². The molecule has 1 amide bonds. The molecular weight excluding hydrogens is 428 g/mol. The van der Waals surface area contributed by atoms with Crippen LogP contribution in [0.3, 0.4) is 0 Å². The van der Waals surface area contributed by atoms with Crippen LogP contribution in [0.25, 0.3) is 0 Å². The van der Waals surface area contributed by atoms with Gasteiger partial charge in [-0.15, -0.1) is 0 Å². The molecule has 0 fully saturated rings. The van der Waals surface area contributed by atoms with Gasteiger partial charge >= 0.3 is 16.5 Å². The normalized spacial score (nSPS) is 14.5. The lowest BCUT2D eigenvalue weighted by atomic mass is 9.93. The molecule has 29 heavy (non-hydrogen) atoms. The van der Waals surface area contributed by atoms with Crippen molar-refractivity contribution in [3.63, 3.8) is 0 Å². The molecular formula is C19H20Cl2FNO6. The minimum absolute atomic E-state index is 0.00536. The smallest absolute Gasteiger partial charge is 0.341 e. The number of methoxy groups -OCH3 is 1. The van der Waals surface area contributed by atoms with Crippen molar-refractivity contribution >= 4 is 46.7 Å². The molecule has 10 heteroatoms. The van der Waals surface area contributed by atoms with E-state index in [-0.39, 0.29) is 30.7 Å². The highest BCUT2D eigenvalue weighted by molar-refractivity contribution is 6.57. The SMILES string of the molecule is COc1c(C)c2c(c(NC(=O)C(F)(Cl)Cl)c1CC=CCC(C)C(=O)O)C(=O)OC2. The zero-order chi connectivity index (χ0) is 21.9. The fourth-order valence-electron chi connectivity index (χ4n) is 2.98. The molecule has 2 rings (SSSR count). The van der Waals surface area contributed by atoms with Crippen molar-refractivity contribution in [3.05, 3.63) is 34.4 Å². The molecule has 1 aliphatic rings. The molecule has 1 heterocycles. The molecule has 0 aliphatic carbocycles. The Morgan fingerprint density at radius 3 is 2.62 bits per heavy atom. The number of carbonyl (C=O) groups is 3. The molecule has 1 aromatic rings. The lowest BCUT2D eigenvalue weighted by Crippen LogP contribution is -2.29. The maximum absolute atomic E-state index is 13.7. The van der Waals surface area contributed by atoms with E-state index in [1.807, 2.05) is 0 Å². The Hall–Kier alpha value is -2.32. The number of anilines is 1. The van der Waals surface area contributed by atoms with Gasteiger partial charge in [-0.1, -0.05) is 42.3 Å². The number of carbonyl (C=O) groups excluding carboxylic acids is 2. The first kappa shape index (κ1) is 23.0. The first-order valence-corrected chi connectivity index (χ1v) is 9.40. The van der Waals surface area contributed by atoms with E-state index in [0.29, 0.717) is 22.4 Å². The summed E-state index contributed by atoms with van der Waals surface area (Å²) in [5.74, 6) is -3.18. The van der Waals surface area contributed by atoms with Crippen molar-refractivity contribution in [2.45, 2.75) is 37.9 Å². The minimum atomic E-state index is -3.21. The number of fused-ring (bicyclic) bond motifs is 1. The molecule has 1 aliphatic heterocycles. The van der Waals surface area contributed by atoms with Crippen LogP contribution in [0.2, 0.25) is 0 Å². The van der Waals surface area contributed by atoms with Crippen LogP contribution in [0, 0.1) is 12.8 Å². The summed E-state index contributed by atoms with van der Waals surface area (Å²) in [6.45, 7) is 3.28. The van der Waals surface area contributed by atoms with E-state index in [9.17, 15) is 18.8 Å². The highest BCUT2D eigenvalue weighted by atomic mass is 35.5. The lowest BCUT2D eigenvalue weighted by molar-refractivity contribution is -0.141. The second-order valence-electron chi connectivity index (χ2n) is 6.54. The topological polar surface area (TPSA) is 102 Å². The minimum Gasteiger partial charge on any atom is -0.496 e. The van der Waals surface area contributed by atoms with E-state index >= 15 is 0 Å². The third-order valence-electron chi connectivity index (χ3n) is 4.57. The number of halogens is 3. The van der Waals surface area contributed by atoms with E-state index in [2.05, 4.69) is 5.32 Å². The van der Waals surface area contributed by atoms with Crippen LogP contribution < -0.4 is 10.1 Å². The molecule has 1 aromatic carbocycles. The van der Waals surface area contributed by atoms with E-state index in [1.54, 1.807) is 26.0 Å². The van der Waals surface area contributed by atoms with Gasteiger partial charge in [0.05, 0.1) is 24.3 Å². The summed E-state index contributed by atoms with van der Waals surface area (Å²) in [5.41, 5.74) is 1.60. The van der Waals surface area contributed by atoms with Crippen molar-refractivity contribution < 1.29 is 33.4 Å². The van der Waals surface area contributed by atoms with Crippen LogP contribution in [0.15, 0.2) is 12.2 Å². The number of benzene rings is 1. The van der Waals surface area contributed by atoms with Crippen LogP contribution in [0.4, 0.5) is 10.1 Å². The summed E-state index contributed by atoms with van der Waals surface area (Å²) in [4.78, 5) is 35.2. The van der Waals surface area contributed by atoms with Gasteiger partial charge in [-0.05, 0) is 25.3 Å².